The number of thiazole rings is 1. The number of tetrazole rings is 1. The Hall–Kier alpha value is -2.22. The Morgan fingerprint density at radius 3 is 2.83 bits per heavy atom. The minimum atomic E-state index is -1.52. The number of aliphatic carboxylic acids is 1. The minimum absolute atomic E-state index is 0. The third-order valence-corrected chi connectivity index (χ3v) is 7.85. The summed E-state index contributed by atoms with van der Waals surface area (Å²) in [6, 6.07) is -1.04. The molecule has 4 heterocycles. The number of hydrogen-bond donors (Lipinski definition) is 4. The smallest absolute Gasteiger partial charge is 0.543 e. The summed E-state index contributed by atoms with van der Waals surface area (Å²) in [4.78, 5) is 42.2. The van der Waals surface area contributed by atoms with Gasteiger partial charge in [-0.15, -0.1) is 28.2 Å². The maximum atomic E-state index is 12.8. The van der Waals surface area contributed by atoms with Gasteiger partial charge in [-0.3, -0.25) is 14.5 Å². The Kier molecular flexibility index (Phi) is 9.13. The number of hydrogen-bond acceptors (Lipinski definition) is 15. The molecule has 2 aliphatic rings. The summed E-state index contributed by atoms with van der Waals surface area (Å²) in [6.45, 7) is 0.00817. The van der Waals surface area contributed by atoms with Crippen molar-refractivity contribution in [3.8, 4) is 0 Å². The number of thioether (sulfide) groups is 2. The Labute approximate surface area is 231 Å². The van der Waals surface area contributed by atoms with E-state index in [0.717, 1.165) is 28.0 Å². The number of nitrogens with zero attached hydrogens (tertiary/aromatic N) is 7. The van der Waals surface area contributed by atoms with Crippen LogP contribution in [0.3, 0.4) is 0 Å². The van der Waals surface area contributed by atoms with Crippen LogP contribution in [0.5, 0.6) is 0 Å². The number of fused-ring (bicyclic) bond motifs is 1. The zero-order valence-electron chi connectivity index (χ0n) is 18.0. The van der Waals surface area contributed by atoms with Gasteiger partial charge in [0.15, 0.2) is 10.8 Å². The third kappa shape index (κ3) is 5.47. The fourth-order valence-corrected chi connectivity index (χ4v) is 6.22. The van der Waals surface area contributed by atoms with Crippen LogP contribution < -0.4 is 45.7 Å². The van der Waals surface area contributed by atoms with E-state index in [2.05, 4.69) is 31.0 Å². The molecule has 35 heavy (non-hydrogen) atoms. The van der Waals surface area contributed by atoms with Crippen LogP contribution in [0.2, 0.25) is 0 Å². The van der Waals surface area contributed by atoms with Gasteiger partial charge in [0.25, 0.3) is 11.8 Å². The summed E-state index contributed by atoms with van der Waals surface area (Å²) in [5.41, 5.74) is 5.32. The van der Waals surface area contributed by atoms with Crippen molar-refractivity contribution < 1.29 is 59.4 Å². The van der Waals surface area contributed by atoms with E-state index in [-0.39, 0.29) is 70.7 Å². The summed E-state index contributed by atoms with van der Waals surface area (Å²) < 4.78 is 1.37. The Morgan fingerprint density at radius 1 is 1.43 bits per heavy atom. The molecule has 2 atom stereocenters. The van der Waals surface area contributed by atoms with Crippen LogP contribution in [0.25, 0.3) is 0 Å². The molecule has 0 saturated carbocycles. The molecule has 0 aliphatic carbocycles. The first-order chi connectivity index (χ1) is 16.3. The molecule has 0 radical (unpaired) electrons. The number of aliphatic hydroxyl groups excluding tert-OH is 1. The first-order valence-electron chi connectivity index (χ1n) is 9.47. The number of amides is 2. The first-order valence-corrected chi connectivity index (χ1v) is 12.4. The van der Waals surface area contributed by atoms with Crippen LogP contribution in [-0.4, -0.2) is 93.4 Å². The van der Waals surface area contributed by atoms with Crippen molar-refractivity contribution in [1.82, 2.24) is 35.4 Å². The van der Waals surface area contributed by atoms with E-state index < -0.39 is 34.9 Å². The number of carboxylic acids is 1. The van der Waals surface area contributed by atoms with Gasteiger partial charge in [0.05, 0.1) is 24.8 Å². The fourth-order valence-electron chi connectivity index (χ4n) is 3.29. The topological polar surface area (TPSA) is 225 Å². The Balaban J connectivity index is 0.00000342. The van der Waals surface area contributed by atoms with E-state index in [0.29, 0.717) is 10.7 Å². The van der Waals surface area contributed by atoms with Crippen molar-refractivity contribution in [2.75, 3.05) is 23.8 Å². The maximum Gasteiger partial charge on any atom is 1.00 e. The number of carbonyl (C=O) groups excluding carboxylic acids is 3. The number of aliphatic hydroxyl groups is 1. The Morgan fingerprint density at radius 2 is 2.20 bits per heavy atom. The molecule has 1 fully saturated rings. The molecule has 0 aromatic carbocycles. The van der Waals surface area contributed by atoms with Crippen molar-refractivity contribution >= 4 is 63.5 Å². The average molecular weight is 550 g/mol. The number of β-lactam (4-membered cyclic amide) rings is 1. The molecule has 0 spiro atoms. The molecule has 1 saturated heterocycles. The average Bonchev–Trinajstić information content (AvgIpc) is 3.44. The fraction of sp³-hybridized carbons (Fsp3) is 0.375. The van der Waals surface area contributed by atoms with Gasteiger partial charge in [-0.2, -0.15) is 0 Å². The van der Waals surface area contributed by atoms with E-state index >= 15 is 0 Å². The molecule has 5 N–H and O–H groups in total. The quantitative estimate of drug-likeness (QED) is 0.0571. The molecule has 0 bridgehead atoms. The molecule has 180 valence electrons. The van der Waals surface area contributed by atoms with Gasteiger partial charge in [-0.1, -0.05) is 16.9 Å². The largest absolute Gasteiger partial charge is 1.00 e. The van der Waals surface area contributed by atoms with Gasteiger partial charge in [-0.25, -0.2) is 9.67 Å². The van der Waals surface area contributed by atoms with Gasteiger partial charge in [0.1, 0.15) is 17.1 Å². The van der Waals surface area contributed by atoms with E-state index in [1.165, 1.54) is 21.8 Å². The second kappa shape index (κ2) is 11.7. The molecule has 2 aliphatic heterocycles. The molecule has 19 heteroatoms. The van der Waals surface area contributed by atoms with Crippen LogP contribution in [0, 0.1) is 0 Å². The second-order valence-electron chi connectivity index (χ2n) is 6.82. The molecule has 2 unspecified atom stereocenters. The van der Waals surface area contributed by atoms with E-state index in [1.807, 2.05) is 0 Å². The predicted molar refractivity (Wildman–Crippen MR) is 118 cm³/mol. The normalized spacial score (nSPS) is 19.6. The van der Waals surface area contributed by atoms with Gasteiger partial charge < -0.3 is 31.3 Å². The van der Waals surface area contributed by atoms with E-state index in [9.17, 15) is 24.7 Å². The summed E-state index contributed by atoms with van der Waals surface area (Å²) in [7, 11) is 0. The van der Waals surface area contributed by atoms with Crippen LogP contribution in [-0.2, 0) is 20.9 Å². The van der Waals surface area contributed by atoms with E-state index in [1.54, 1.807) is 0 Å². The number of oxime groups is 1. The van der Waals surface area contributed by atoms with Crippen LogP contribution in [0.1, 0.15) is 5.69 Å². The van der Waals surface area contributed by atoms with Crippen molar-refractivity contribution in [3.63, 3.8) is 0 Å². The minimum Gasteiger partial charge on any atom is -0.543 e. The predicted octanol–water partition coefficient (Wildman–Crippen LogP) is -5.92. The number of nitrogen functional groups attached to an aromatic ring is 1. The molecular formula is C16H16N9NaO6S3. The number of carbonyl (C=O) groups is 3. The molecule has 2 aromatic rings. The van der Waals surface area contributed by atoms with Crippen LogP contribution in [0.15, 0.2) is 27.0 Å². The summed E-state index contributed by atoms with van der Waals surface area (Å²) in [5.74, 6) is -2.61. The standard InChI is InChI=1S/C16H17N9O6S3.Na/c17-15-18-7(5-33-15)8(21-31)11(27)19-9-12(28)25-10(14(29)30)6(3-32-13(9)25)4-34-16-20-22-23-24(16)1-2-26;/h5,9,13,26,31H,1-4H2,(H2,17,18)(H,19,27)(H,29,30);/q;+1/p-1/b21-8+;. The van der Waals surface area contributed by atoms with E-state index in [4.69, 9.17) is 10.8 Å². The maximum absolute atomic E-state index is 12.8. The van der Waals surface area contributed by atoms with Crippen molar-refractivity contribution in [1.29, 1.82) is 0 Å². The van der Waals surface area contributed by atoms with Gasteiger partial charge in [0.2, 0.25) is 5.16 Å². The molecule has 2 aromatic heterocycles. The number of nitrogens with two attached hydrogens (primary N) is 1. The summed E-state index contributed by atoms with van der Waals surface area (Å²) in [6.07, 6.45) is 0. The SMILES string of the molecule is Nc1nc(/C(=N\O)C(=O)NC2C(=O)N3C(C(=O)[O-])=C(CSc4nnnn4CCO)CSC23)cs1.[Na+]. The summed E-state index contributed by atoms with van der Waals surface area (Å²) in [5, 5.41) is 48.0. The van der Waals surface area contributed by atoms with Gasteiger partial charge in [0, 0.05) is 16.9 Å². The Bertz CT molecular complexity index is 1200. The van der Waals surface area contributed by atoms with Crippen LogP contribution >= 0.6 is 34.9 Å². The zero-order valence-corrected chi connectivity index (χ0v) is 22.5. The van der Waals surface area contributed by atoms with Gasteiger partial charge >= 0.3 is 29.6 Å². The molecule has 15 nitrogen and oxygen atoms in total. The first kappa shape index (κ1) is 27.4. The number of carboxylic acid groups (broad SMARTS) is 1. The number of nitrogens with one attached hydrogen (secondary N) is 1. The third-order valence-electron chi connectivity index (χ3n) is 4.79. The van der Waals surface area contributed by atoms with Crippen molar-refractivity contribution in [2.45, 2.75) is 23.1 Å². The zero-order chi connectivity index (χ0) is 24.4. The second-order valence-corrected chi connectivity index (χ2v) is 9.75. The number of rotatable bonds is 9. The molecule has 2 amide bonds. The van der Waals surface area contributed by atoms with Crippen molar-refractivity contribution in [2.24, 2.45) is 5.16 Å². The molecule has 4 rings (SSSR count). The number of aromatic nitrogens is 5. The monoisotopic (exact) mass is 549 g/mol. The van der Waals surface area contributed by atoms with Crippen molar-refractivity contribution in [3.05, 3.63) is 22.3 Å². The number of anilines is 1. The van der Waals surface area contributed by atoms with Crippen LogP contribution in [0.4, 0.5) is 5.13 Å². The summed E-state index contributed by atoms with van der Waals surface area (Å²) >= 11 is 3.46. The van der Waals surface area contributed by atoms with Gasteiger partial charge in [-0.05, 0) is 16.0 Å². The molecular weight excluding hydrogens is 533 g/mol.